The van der Waals surface area contributed by atoms with E-state index >= 15 is 0 Å². The molecule has 1 fully saturated rings. The average molecular weight is 354 g/mol. The Kier molecular flexibility index (Phi) is 4.68. The molecule has 26 heavy (non-hydrogen) atoms. The molecule has 2 aliphatic rings. The van der Waals surface area contributed by atoms with Gasteiger partial charge in [-0.05, 0) is 24.1 Å². The summed E-state index contributed by atoms with van der Waals surface area (Å²) in [4.78, 5) is 18.9. The lowest BCUT2D eigenvalue weighted by atomic mass is 9.99. The van der Waals surface area contributed by atoms with Crippen molar-refractivity contribution < 1.29 is 9.53 Å². The molecule has 1 saturated heterocycles. The number of nitrogens with zero attached hydrogens (tertiary/aromatic N) is 3. The second kappa shape index (κ2) is 7.11. The minimum Gasteiger partial charge on any atom is -0.493 e. The van der Waals surface area contributed by atoms with Crippen LogP contribution < -0.4 is 10.1 Å². The minimum absolute atomic E-state index is 0.0495. The monoisotopic (exact) mass is 354 g/mol. The second-order valence-corrected chi connectivity index (χ2v) is 7.16. The van der Waals surface area contributed by atoms with Gasteiger partial charge >= 0.3 is 0 Å². The van der Waals surface area contributed by atoms with Gasteiger partial charge in [0, 0.05) is 57.8 Å². The van der Waals surface area contributed by atoms with E-state index in [9.17, 15) is 4.79 Å². The van der Waals surface area contributed by atoms with Crippen LogP contribution in [0.2, 0.25) is 0 Å². The standard InChI is InChI=1S/C20H26N4O2/c1-3-24-18(25)11-16(19(24)20-22-7-8-23(20)2)13-21-12-14-4-5-17-15(10-14)6-9-26-17/h4-5,7-8,10,16,19,21H,3,6,9,11-13H2,1-2H3/t16-,19+/m0/s1. The van der Waals surface area contributed by atoms with Crippen LogP contribution in [0.1, 0.15) is 36.3 Å². The minimum atomic E-state index is 0.0495. The number of carbonyl (C=O) groups excluding carboxylic acids is 1. The Labute approximate surface area is 154 Å². The van der Waals surface area contributed by atoms with Crippen LogP contribution in [0.3, 0.4) is 0 Å². The summed E-state index contributed by atoms with van der Waals surface area (Å²) in [6.45, 7) is 5.15. The van der Waals surface area contributed by atoms with Gasteiger partial charge in [-0.15, -0.1) is 0 Å². The molecule has 1 aromatic heterocycles. The third kappa shape index (κ3) is 3.09. The zero-order valence-corrected chi connectivity index (χ0v) is 15.4. The lowest BCUT2D eigenvalue weighted by molar-refractivity contribution is -0.128. The topological polar surface area (TPSA) is 59.4 Å². The van der Waals surface area contributed by atoms with Crippen molar-refractivity contribution in [1.29, 1.82) is 0 Å². The third-order valence-corrected chi connectivity index (χ3v) is 5.49. The lowest BCUT2D eigenvalue weighted by Gasteiger charge is -2.27. The van der Waals surface area contributed by atoms with E-state index in [0.717, 1.165) is 44.2 Å². The van der Waals surface area contributed by atoms with E-state index in [0.29, 0.717) is 6.42 Å². The van der Waals surface area contributed by atoms with Gasteiger partial charge in [0.2, 0.25) is 5.91 Å². The first-order chi connectivity index (χ1) is 12.7. The first-order valence-corrected chi connectivity index (χ1v) is 9.39. The van der Waals surface area contributed by atoms with Crippen molar-refractivity contribution in [2.45, 2.75) is 32.4 Å². The molecular formula is C20H26N4O2. The smallest absolute Gasteiger partial charge is 0.223 e. The highest BCUT2D eigenvalue weighted by molar-refractivity contribution is 5.79. The molecule has 2 aromatic rings. The summed E-state index contributed by atoms with van der Waals surface area (Å²) >= 11 is 0. The highest BCUT2D eigenvalue weighted by Gasteiger charge is 2.41. The van der Waals surface area contributed by atoms with E-state index in [4.69, 9.17) is 4.74 Å². The molecule has 1 aromatic carbocycles. The lowest BCUT2D eigenvalue weighted by Crippen LogP contribution is -2.33. The molecule has 1 N–H and O–H groups in total. The molecule has 3 heterocycles. The van der Waals surface area contributed by atoms with Gasteiger partial charge in [0.25, 0.3) is 0 Å². The zero-order valence-electron chi connectivity index (χ0n) is 15.4. The Bertz CT molecular complexity index is 801. The van der Waals surface area contributed by atoms with Crippen LogP contribution >= 0.6 is 0 Å². The van der Waals surface area contributed by atoms with Crippen molar-refractivity contribution >= 4 is 5.91 Å². The highest BCUT2D eigenvalue weighted by atomic mass is 16.5. The van der Waals surface area contributed by atoms with Gasteiger partial charge in [-0.25, -0.2) is 4.98 Å². The van der Waals surface area contributed by atoms with Crippen molar-refractivity contribution in [1.82, 2.24) is 19.8 Å². The molecule has 0 radical (unpaired) electrons. The van der Waals surface area contributed by atoms with Crippen LogP contribution in [0.4, 0.5) is 0 Å². The van der Waals surface area contributed by atoms with Crippen LogP contribution in [0.25, 0.3) is 0 Å². The third-order valence-electron chi connectivity index (χ3n) is 5.49. The summed E-state index contributed by atoms with van der Waals surface area (Å²) in [5.41, 5.74) is 2.56. The number of amides is 1. The number of rotatable bonds is 6. The number of aromatic nitrogens is 2. The summed E-state index contributed by atoms with van der Waals surface area (Å²) < 4.78 is 7.60. The predicted molar refractivity (Wildman–Crippen MR) is 98.8 cm³/mol. The molecule has 6 nitrogen and oxygen atoms in total. The van der Waals surface area contributed by atoms with Crippen molar-refractivity contribution in [3.8, 4) is 5.75 Å². The molecule has 0 bridgehead atoms. The number of carbonyl (C=O) groups is 1. The summed E-state index contributed by atoms with van der Waals surface area (Å²) in [7, 11) is 2.00. The van der Waals surface area contributed by atoms with E-state index in [2.05, 4.69) is 28.5 Å². The first kappa shape index (κ1) is 17.1. The number of aryl methyl sites for hydroxylation is 1. The molecule has 0 unspecified atom stereocenters. The Balaban J connectivity index is 1.43. The van der Waals surface area contributed by atoms with Gasteiger partial charge in [-0.1, -0.05) is 12.1 Å². The Hall–Kier alpha value is -2.34. The fraction of sp³-hybridized carbons (Fsp3) is 0.500. The molecule has 0 spiro atoms. The number of fused-ring (bicyclic) bond motifs is 1. The number of benzene rings is 1. The number of imidazole rings is 1. The van der Waals surface area contributed by atoms with Crippen molar-refractivity contribution in [2.75, 3.05) is 19.7 Å². The molecule has 2 aliphatic heterocycles. The van der Waals surface area contributed by atoms with Crippen LogP contribution in [0.15, 0.2) is 30.6 Å². The number of likely N-dealkylation sites (tertiary alicyclic amines) is 1. The van der Waals surface area contributed by atoms with Crippen LogP contribution in [0.5, 0.6) is 5.75 Å². The quantitative estimate of drug-likeness (QED) is 0.863. The Morgan fingerprint density at radius 3 is 3.04 bits per heavy atom. The van der Waals surface area contributed by atoms with Gasteiger partial charge in [-0.2, -0.15) is 0 Å². The normalized spacial score (nSPS) is 21.9. The number of nitrogens with one attached hydrogen (secondary N) is 1. The van der Waals surface area contributed by atoms with Crippen molar-refractivity contribution in [3.05, 3.63) is 47.5 Å². The van der Waals surface area contributed by atoms with Gasteiger partial charge in [0.1, 0.15) is 11.6 Å². The van der Waals surface area contributed by atoms with Crippen molar-refractivity contribution in [2.24, 2.45) is 13.0 Å². The molecule has 6 heteroatoms. The number of ether oxygens (including phenoxy) is 1. The van der Waals surface area contributed by atoms with Gasteiger partial charge in [0.15, 0.2) is 0 Å². The SMILES string of the molecule is CCN1C(=O)C[C@@H](CNCc2ccc3c(c2)CCO3)[C@@H]1c1nccn1C. The number of hydrogen-bond donors (Lipinski definition) is 1. The average Bonchev–Trinajstić information content (AvgIpc) is 3.33. The van der Waals surface area contributed by atoms with E-state index in [1.807, 2.05) is 35.8 Å². The summed E-state index contributed by atoms with van der Waals surface area (Å²) in [5, 5.41) is 3.55. The molecule has 1 amide bonds. The predicted octanol–water partition coefficient (Wildman–Crippen LogP) is 2.05. The van der Waals surface area contributed by atoms with Gasteiger partial charge < -0.3 is 19.5 Å². The fourth-order valence-electron chi connectivity index (χ4n) is 4.18. The van der Waals surface area contributed by atoms with Crippen LogP contribution in [-0.2, 0) is 24.8 Å². The van der Waals surface area contributed by atoms with Gasteiger partial charge in [-0.3, -0.25) is 4.79 Å². The highest BCUT2D eigenvalue weighted by Crippen LogP contribution is 2.36. The Morgan fingerprint density at radius 2 is 2.27 bits per heavy atom. The molecule has 2 atom stereocenters. The molecule has 0 aliphatic carbocycles. The van der Waals surface area contributed by atoms with E-state index in [1.165, 1.54) is 11.1 Å². The van der Waals surface area contributed by atoms with Gasteiger partial charge in [0.05, 0.1) is 12.6 Å². The zero-order chi connectivity index (χ0) is 18.1. The van der Waals surface area contributed by atoms with Crippen LogP contribution in [0, 0.1) is 5.92 Å². The fourth-order valence-corrected chi connectivity index (χ4v) is 4.18. The second-order valence-electron chi connectivity index (χ2n) is 7.16. The maximum absolute atomic E-state index is 12.4. The number of hydrogen-bond acceptors (Lipinski definition) is 4. The van der Waals surface area contributed by atoms with E-state index in [1.54, 1.807) is 0 Å². The van der Waals surface area contributed by atoms with E-state index in [-0.39, 0.29) is 17.9 Å². The maximum Gasteiger partial charge on any atom is 0.223 e. The maximum atomic E-state index is 12.4. The molecule has 4 rings (SSSR count). The molecule has 138 valence electrons. The summed E-state index contributed by atoms with van der Waals surface area (Å²) in [5.74, 6) is 2.45. The summed E-state index contributed by atoms with van der Waals surface area (Å²) in [6.07, 6.45) is 5.33. The van der Waals surface area contributed by atoms with E-state index < -0.39 is 0 Å². The summed E-state index contributed by atoms with van der Waals surface area (Å²) in [6, 6.07) is 6.46. The van der Waals surface area contributed by atoms with Crippen LogP contribution in [-0.4, -0.2) is 40.1 Å². The van der Waals surface area contributed by atoms with Crippen molar-refractivity contribution in [3.63, 3.8) is 0 Å². The molecular weight excluding hydrogens is 328 g/mol. The first-order valence-electron chi connectivity index (χ1n) is 9.39. The largest absolute Gasteiger partial charge is 0.493 e. The Morgan fingerprint density at radius 1 is 1.38 bits per heavy atom. The molecule has 0 saturated carbocycles.